The summed E-state index contributed by atoms with van der Waals surface area (Å²) in [6.07, 6.45) is 0. The van der Waals surface area contributed by atoms with Crippen molar-refractivity contribution in [2.75, 3.05) is 12.4 Å². The lowest BCUT2D eigenvalue weighted by Gasteiger charge is -2.12. The van der Waals surface area contributed by atoms with Crippen LogP contribution in [-0.4, -0.2) is 7.11 Å². The summed E-state index contributed by atoms with van der Waals surface area (Å²) >= 11 is 6.02. The maximum absolute atomic E-state index is 6.02. The summed E-state index contributed by atoms with van der Waals surface area (Å²) in [4.78, 5) is 0. The Hall–Kier alpha value is -1.67. The van der Waals surface area contributed by atoms with E-state index in [1.807, 2.05) is 18.2 Å². The minimum Gasteiger partial charge on any atom is -0.495 e. The molecular formula is C17H20ClNO. The van der Waals surface area contributed by atoms with E-state index in [4.69, 9.17) is 16.3 Å². The molecule has 0 saturated carbocycles. The third-order valence-corrected chi connectivity index (χ3v) is 3.53. The van der Waals surface area contributed by atoms with E-state index >= 15 is 0 Å². The van der Waals surface area contributed by atoms with Crippen LogP contribution in [0.3, 0.4) is 0 Å². The highest BCUT2D eigenvalue weighted by molar-refractivity contribution is 6.30. The van der Waals surface area contributed by atoms with Crippen LogP contribution in [-0.2, 0) is 6.54 Å². The first-order chi connectivity index (χ1) is 9.60. The molecule has 0 unspecified atom stereocenters. The minimum atomic E-state index is 0.560. The molecule has 0 aliphatic carbocycles. The van der Waals surface area contributed by atoms with Crippen molar-refractivity contribution in [1.82, 2.24) is 0 Å². The second-order valence-corrected chi connectivity index (χ2v) is 5.53. The second kappa shape index (κ2) is 6.67. The van der Waals surface area contributed by atoms with E-state index in [2.05, 4.69) is 43.4 Å². The van der Waals surface area contributed by atoms with Crippen LogP contribution in [0.1, 0.15) is 30.9 Å². The van der Waals surface area contributed by atoms with Gasteiger partial charge in [-0.25, -0.2) is 0 Å². The molecule has 2 nitrogen and oxygen atoms in total. The van der Waals surface area contributed by atoms with Crippen LogP contribution < -0.4 is 10.1 Å². The number of methoxy groups -OCH3 is 1. The number of anilines is 1. The number of rotatable bonds is 5. The standard InChI is InChI=1S/C17H20ClNO/c1-12(2)14-6-4-13(5-7-14)11-19-16-10-15(18)8-9-17(16)20-3/h4-10,12,19H,11H2,1-3H3. The van der Waals surface area contributed by atoms with Crippen molar-refractivity contribution in [1.29, 1.82) is 0 Å². The highest BCUT2D eigenvalue weighted by Crippen LogP contribution is 2.28. The predicted octanol–water partition coefficient (Wildman–Crippen LogP) is 5.08. The Balaban J connectivity index is 2.06. The van der Waals surface area contributed by atoms with Gasteiger partial charge in [0.15, 0.2) is 0 Å². The molecule has 0 amide bonds. The molecule has 0 fully saturated rings. The van der Waals surface area contributed by atoms with E-state index in [1.165, 1.54) is 11.1 Å². The summed E-state index contributed by atoms with van der Waals surface area (Å²) in [5.41, 5.74) is 3.50. The van der Waals surface area contributed by atoms with E-state index in [9.17, 15) is 0 Å². The molecule has 2 rings (SSSR count). The fourth-order valence-corrected chi connectivity index (χ4v) is 2.21. The summed E-state index contributed by atoms with van der Waals surface area (Å²) in [6, 6.07) is 14.2. The van der Waals surface area contributed by atoms with Gasteiger partial charge in [0, 0.05) is 11.6 Å². The molecule has 106 valence electrons. The van der Waals surface area contributed by atoms with E-state index in [1.54, 1.807) is 7.11 Å². The molecule has 0 spiro atoms. The summed E-state index contributed by atoms with van der Waals surface area (Å²) in [6.45, 7) is 5.14. The van der Waals surface area contributed by atoms with Crippen LogP contribution in [0.5, 0.6) is 5.75 Å². The molecule has 0 radical (unpaired) electrons. The van der Waals surface area contributed by atoms with E-state index < -0.39 is 0 Å². The second-order valence-electron chi connectivity index (χ2n) is 5.09. The monoisotopic (exact) mass is 289 g/mol. The molecule has 3 heteroatoms. The van der Waals surface area contributed by atoms with E-state index in [0.717, 1.165) is 18.0 Å². The fourth-order valence-electron chi connectivity index (χ4n) is 2.04. The lowest BCUT2D eigenvalue weighted by Crippen LogP contribution is -2.01. The predicted molar refractivity (Wildman–Crippen MR) is 85.9 cm³/mol. The third-order valence-electron chi connectivity index (χ3n) is 3.29. The molecule has 2 aromatic carbocycles. The first-order valence-electron chi connectivity index (χ1n) is 6.76. The maximum Gasteiger partial charge on any atom is 0.142 e. The molecule has 0 aliphatic heterocycles. The Kier molecular flexibility index (Phi) is 4.91. The van der Waals surface area contributed by atoms with Gasteiger partial charge >= 0.3 is 0 Å². The zero-order valence-corrected chi connectivity index (χ0v) is 12.9. The van der Waals surface area contributed by atoms with Gasteiger partial charge in [-0.2, -0.15) is 0 Å². The minimum absolute atomic E-state index is 0.560. The van der Waals surface area contributed by atoms with Crippen molar-refractivity contribution in [3.05, 3.63) is 58.6 Å². The average Bonchev–Trinajstić information content (AvgIpc) is 2.45. The zero-order valence-electron chi connectivity index (χ0n) is 12.1. The number of nitrogens with one attached hydrogen (secondary N) is 1. The van der Waals surface area contributed by atoms with Crippen molar-refractivity contribution in [3.63, 3.8) is 0 Å². The van der Waals surface area contributed by atoms with Gasteiger partial charge in [0.2, 0.25) is 0 Å². The molecule has 2 aromatic rings. The number of hydrogen-bond acceptors (Lipinski definition) is 2. The molecule has 0 bridgehead atoms. The Morgan fingerprint density at radius 3 is 2.40 bits per heavy atom. The molecule has 1 N–H and O–H groups in total. The molecule has 0 heterocycles. The van der Waals surface area contributed by atoms with Crippen molar-refractivity contribution < 1.29 is 4.74 Å². The molecule has 0 atom stereocenters. The Morgan fingerprint density at radius 1 is 1.10 bits per heavy atom. The first kappa shape index (κ1) is 14.7. The summed E-state index contributed by atoms with van der Waals surface area (Å²) in [5, 5.41) is 4.06. The van der Waals surface area contributed by atoms with Gasteiger partial charge in [0.1, 0.15) is 5.75 Å². The van der Waals surface area contributed by atoms with Crippen molar-refractivity contribution in [2.24, 2.45) is 0 Å². The summed E-state index contributed by atoms with van der Waals surface area (Å²) in [5.74, 6) is 1.36. The summed E-state index contributed by atoms with van der Waals surface area (Å²) < 4.78 is 5.32. The highest BCUT2D eigenvalue weighted by atomic mass is 35.5. The van der Waals surface area contributed by atoms with E-state index in [0.29, 0.717) is 10.9 Å². The van der Waals surface area contributed by atoms with Gasteiger partial charge in [0.25, 0.3) is 0 Å². The molecule has 0 aromatic heterocycles. The average molecular weight is 290 g/mol. The lowest BCUT2D eigenvalue weighted by molar-refractivity contribution is 0.416. The van der Waals surface area contributed by atoms with Crippen LogP contribution in [0.4, 0.5) is 5.69 Å². The Bertz CT molecular complexity index is 564. The van der Waals surface area contributed by atoms with Crippen LogP contribution >= 0.6 is 11.6 Å². The number of benzene rings is 2. The van der Waals surface area contributed by atoms with Crippen LogP contribution in [0.25, 0.3) is 0 Å². The fraction of sp³-hybridized carbons (Fsp3) is 0.294. The lowest BCUT2D eigenvalue weighted by atomic mass is 10.0. The van der Waals surface area contributed by atoms with Gasteiger partial charge in [-0.1, -0.05) is 49.7 Å². The van der Waals surface area contributed by atoms with Gasteiger partial charge in [0.05, 0.1) is 12.8 Å². The smallest absolute Gasteiger partial charge is 0.142 e. The van der Waals surface area contributed by atoms with Crippen molar-refractivity contribution in [3.8, 4) is 5.75 Å². The highest BCUT2D eigenvalue weighted by Gasteiger charge is 2.04. The van der Waals surface area contributed by atoms with Gasteiger partial charge in [-0.05, 0) is 35.2 Å². The van der Waals surface area contributed by atoms with Gasteiger partial charge in [-0.15, -0.1) is 0 Å². The molecule has 0 aliphatic rings. The zero-order chi connectivity index (χ0) is 14.5. The quantitative estimate of drug-likeness (QED) is 0.828. The van der Waals surface area contributed by atoms with Crippen molar-refractivity contribution >= 4 is 17.3 Å². The van der Waals surface area contributed by atoms with Gasteiger partial charge in [-0.3, -0.25) is 0 Å². The molecule has 20 heavy (non-hydrogen) atoms. The maximum atomic E-state index is 6.02. The molecule has 0 saturated heterocycles. The number of halogens is 1. The van der Waals surface area contributed by atoms with Crippen molar-refractivity contribution in [2.45, 2.75) is 26.3 Å². The summed E-state index contributed by atoms with van der Waals surface area (Å²) in [7, 11) is 1.66. The van der Waals surface area contributed by atoms with E-state index in [-0.39, 0.29) is 0 Å². The SMILES string of the molecule is COc1ccc(Cl)cc1NCc1ccc(C(C)C)cc1. The number of hydrogen-bond donors (Lipinski definition) is 1. The Morgan fingerprint density at radius 2 is 1.80 bits per heavy atom. The van der Waals surface area contributed by atoms with Crippen LogP contribution in [0.2, 0.25) is 5.02 Å². The van der Waals surface area contributed by atoms with Gasteiger partial charge < -0.3 is 10.1 Å². The largest absolute Gasteiger partial charge is 0.495 e. The van der Waals surface area contributed by atoms with Crippen LogP contribution in [0.15, 0.2) is 42.5 Å². The number of ether oxygens (including phenoxy) is 1. The topological polar surface area (TPSA) is 21.3 Å². The Labute approximate surface area is 125 Å². The molecular weight excluding hydrogens is 270 g/mol. The normalized spacial score (nSPS) is 10.7. The third kappa shape index (κ3) is 3.67. The first-order valence-corrected chi connectivity index (χ1v) is 7.14. The van der Waals surface area contributed by atoms with Crippen LogP contribution in [0, 0.1) is 0 Å².